The van der Waals surface area contributed by atoms with Gasteiger partial charge in [0.15, 0.2) is 11.7 Å². The Labute approximate surface area is 153 Å². The van der Waals surface area contributed by atoms with Gasteiger partial charge < -0.3 is 9.15 Å². The first-order valence-corrected chi connectivity index (χ1v) is 8.05. The van der Waals surface area contributed by atoms with Crippen LogP contribution in [0.2, 0.25) is 5.02 Å². The molecule has 0 radical (unpaired) electrons. The van der Waals surface area contributed by atoms with Crippen molar-refractivity contribution in [2.45, 2.75) is 12.8 Å². The first-order chi connectivity index (χ1) is 12.5. The van der Waals surface area contributed by atoms with Gasteiger partial charge in [-0.05, 0) is 24.3 Å². The van der Waals surface area contributed by atoms with E-state index in [-0.39, 0.29) is 24.3 Å². The van der Waals surface area contributed by atoms with Crippen LogP contribution in [0.5, 0.6) is 5.75 Å². The number of hydrogen-bond acceptors (Lipinski definition) is 6. The SMILES string of the molecule is O=C(CCc1ncc(-c2ccccc2Cl)o1)Oc1ccc([N+](=O)[O-])cc1. The zero-order chi connectivity index (χ0) is 18.5. The number of esters is 1. The Bertz CT molecular complexity index is 937. The molecule has 0 aliphatic heterocycles. The predicted molar refractivity (Wildman–Crippen MR) is 94.0 cm³/mol. The number of hydrogen-bond donors (Lipinski definition) is 0. The average molecular weight is 373 g/mol. The molecular formula is C18H13ClN2O5. The van der Waals surface area contributed by atoms with Crippen molar-refractivity contribution in [1.29, 1.82) is 0 Å². The van der Waals surface area contributed by atoms with Crippen molar-refractivity contribution in [3.05, 3.63) is 75.8 Å². The molecule has 0 fully saturated rings. The molecule has 1 heterocycles. The van der Waals surface area contributed by atoms with Crippen molar-refractivity contribution < 1.29 is 18.9 Å². The lowest BCUT2D eigenvalue weighted by Crippen LogP contribution is -2.09. The number of non-ortho nitro benzene ring substituents is 1. The lowest BCUT2D eigenvalue weighted by molar-refractivity contribution is -0.384. The molecule has 0 aliphatic carbocycles. The number of ether oxygens (including phenoxy) is 1. The number of halogens is 1. The highest BCUT2D eigenvalue weighted by atomic mass is 35.5. The third kappa shape index (κ3) is 4.25. The Morgan fingerprint density at radius 2 is 1.92 bits per heavy atom. The molecule has 132 valence electrons. The Morgan fingerprint density at radius 1 is 1.19 bits per heavy atom. The molecule has 8 heteroatoms. The molecule has 0 spiro atoms. The summed E-state index contributed by atoms with van der Waals surface area (Å²) in [7, 11) is 0. The van der Waals surface area contributed by atoms with Gasteiger partial charge in [-0.2, -0.15) is 0 Å². The van der Waals surface area contributed by atoms with Gasteiger partial charge in [-0.15, -0.1) is 0 Å². The van der Waals surface area contributed by atoms with E-state index < -0.39 is 10.9 Å². The molecule has 0 atom stereocenters. The molecule has 0 N–H and O–H groups in total. The number of benzene rings is 2. The number of rotatable bonds is 6. The maximum Gasteiger partial charge on any atom is 0.311 e. The monoisotopic (exact) mass is 372 g/mol. The van der Waals surface area contributed by atoms with Gasteiger partial charge in [0, 0.05) is 24.1 Å². The number of aromatic nitrogens is 1. The molecule has 0 unspecified atom stereocenters. The number of carbonyl (C=O) groups is 1. The molecule has 3 rings (SSSR count). The van der Waals surface area contributed by atoms with E-state index in [1.807, 2.05) is 18.2 Å². The van der Waals surface area contributed by atoms with Gasteiger partial charge in [0.2, 0.25) is 0 Å². The summed E-state index contributed by atoms with van der Waals surface area (Å²) < 4.78 is 10.7. The number of nitrogens with zero attached hydrogens (tertiary/aromatic N) is 2. The number of aryl methyl sites for hydroxylation is 1. The minimum atomic E-state index is -0.523. The van der Waals surface area contributed by atoms with Crippen LogP contribution in [0.3, 0.4) is 0 Å². The average Bonchev–Trinajstić information content (AvgIpc) is 3.09. The number of nitro groups is 1. The molecule has 3 aromatic rings. The molecule has 0 saturated heterocycles. The Hall–Kier alpha value is -3.19. The molecule has 0 amide bonds. The van der Waals surface area contributed by atoms with Gasteiger partial charge in [-0.1, -0.05) is 23.7 Å². The topological polar surface area (TPSA) is 95.5 Å². The second-order valence-corrected chi connectivity index (χ2v) is 5.73. The van der Waals surface area contributed by atoms with E-state index in [1.165, 1.54) is 24.3 Å². The lowest BCUT2D eigenvalue weighted by Gasteiger charge is -2.03. The fraction of sp³-hybridized carbons (Fsp3) is 0.111. The first-order valence-electron chi connectivity index (χ1n) is 7.67. The standard InChI is InChI=1S/C18H13ClN2O5/c19-15-4-2-1-3-14(15)16-11-20-17(26-16)9-10-18(22)25-13-7-5-12(6-8-13)21(23)24/h1-8,11H,9-10H2. The van der Waals surface area contributed by atoms with Crippen molar-refractivity contribution >= 4 is 23.3 Å². The van der Waals surface area contributed by atoms with E-state index in [4.69, 9.17) is 20.8 Å². The summed E-state index contributed by atoms with van der Waals surface area (Å²) in [5.74, 6) is 0.663. The summed E-state index contributed by atoms with van der Waals surface area (Å²) in [6.45, 7) is 0. The van der Waals surface area contributed by atoms with Crippen LogP contribution in [0.25, 0.3) is 11.3 Å². The molecule has 1 aromatic heterocycles. The van der Waals surface area contributed by atoms with E-state index in [2.05, 4.69) is 4.98 Å². The van der Waals surface area contributed by atoms with Crippen molar-refractivity contribution in [3.8, 4) is 17.1 Å². The quantitative estimate of drug-likeness (QED) is 0.274. The van der Waals surface area contributed by atoms with E-state index in [0.29, 0.717) is 16.7 Å². The number of carbonyl (C=O) groups excluding carboxylic acids is 1. The third-order valence-corrected chi connectivity index (χ3v) is 3.84. The van der Waals surface area contributed by atoms with Crippen LogP contribution >= 0.6 is 11.6 Å². The largest absolute Gasteiger partial charge is 0.441 e. The minimum Gasteiger partial charge on any atom is -0.441 e. The molecular weight excluding hydrogens is 360 g/mol. The molecule has 0 aliphatic rings. The highest BCUT2D eigenvalue weighted by molar-refractivity contribution is 6.33. The van der Waals surface area contributed by atoms with Gasteiger partial charge in [0.05, 0.1) is 22.6 Å². The normalized spacial score (nSPS) is 10.5. The predicted octanol–water partition coefficient (Wildman–Crippen LogP) is 4.44. The Kier molecular flexibility index (Phi) is 5.28. The third-order valence-electron chi connectivity index (χ3n) is 3.52. The summed E-state index contributed by atoms with van der Waals surface area (Å²) >= 11 is 6.11. The van der Waals surface area contributed by atoms with Crippen LogP contribution in [0.4, 0.5) is 5.69 Å². The molecule has 0 bridgehead atoms. The van der Waals surface area contributed by atoms with Crippen molar-refractivity contribution in [1.82, 2.24) is 4.98 Å². The maximum absolute atomic E-state index is 11.9. The molecule has 2 aromatic carbocycles. The summed E-state index contributed by atoms with van der Waals surface area (Å²) in [4.78, 5) is 26.1. The molecule has 7 nitrogen and oxygen atoms in total. The van der Waals surface area contributed by atoms with Crippen LogP contribution in [0.15, 0.2) is 59.1 Å². The van der Waals surface area contributed by atoms with Crippen molar-refractivity contribution in [3.63, 3.8) is 0 Å². The summed E-state index contributed by atoms with van der Waals surface area (Å²) in [6, 6.07) is 12.5. The highest BCUT2D eigenvalue weighted by Gasteiger charge is 2.13. The Balaban J connectivity index is 1.56. The van der Waals surface area contributed by atoms with Crippen LogP contribution < -0.4 is 4.74 Å². The number of nitro benzene ring substituents is 1. The molecule has 0 saturated carbocycles. The van der Waals surface area contributed by atoms with E-state index in [0.717, 1.165) is 5.56 Å². The number of oxazole rings is 1. The lowest BCUT2D eigenvalue weighted by atomic mass is 10.2. The van der Waals surface area contributed by atoms with Crippen molar-refractivity contribution in [2.24, 2.45) is 0 Å². The molecule has 26 heavy (non-hydrogen) atoms. The smallest absolute Gasteiger partial charge is 0.311 e. The van der Waals surface area contributed by atoms with Gasteiger partial charge in [0.25, 0.3) is 5.69 Å². The zero-order valence-electron chi connectivity index (χ0n) is 13.4. The fourth-order valence-corrected chi connectivity index (χ4v) is 2.47. The van der Waals surface area contributed by atoms with E-state index in [9.17, 15) is 14.9 Å². The zero-order valence-corrected chi connectivity index (χ0v) is 14.2. The summed E-state index contributed by atoms with van der Waals surface area (Å²) in [5.41, 5.74) is 0.651. The summed E-state index contributed by atoms with van der Waals surface area (Å²) in [6.07, 6.45) is 1.87. The minimum absolute atomic E-state index is 0.0550. The van der Waals surface area contributed by atoms with Gasteiger partial charge in [-0.25, -0.2) is 4.98 Å². The van der Waals surface area contributed by atoms with Gasteiger partial charge >= 0.3 is 5.97 Å². The maximum atomic E-state index is 11.9. The fourth-order valence-electron chi connectivity index (χ4n) is 2.24. The van der Waals surface area contributed by atoms with Gasteiger partial charge in [-0.3, -0.25) is 14.9 Å². The van der Waals surface area contributed by atoms with Crippen LogP contribution in [0, 0.1) is 10.1 Å². The highest BCUT2D eigenvalue weighted by Crippen LogP contribution is 2.28. The van der Waals surface area contributed by atoms with Crippen LogP contribution in [-0.2, 0) is 11.2 Å². The Morgan fingerprint density at radius 3 is 2.62 bits per heavy atom. The van der Waals surface area contributed by atoms with Crippen LogP contribution in [-0.4, -0.2) is 15.9 Å². The second-order valence-electron chi connectivity index (χ2n) is 5.32. The van der Waals surface area contributed by atoms with Crippen molar-refractivity contribution in [2.75, 3.05) is 0 Å². The van der Waals surface area contributed by atoms with Gasteiger partial charge in [0.1, 0.15) is 5.75 Å². The second kappa shape index (κ2) is 7.79. The summed E-state index contributed by atoms with van der Waals surface area (Å²) in [5, 5.41) is 11.1. The van der Waals surface area contributed by atoms with Crippen LogP contribution in [0.1, 0.15) is 12.3 Å². The first kappa shape index (κ1) is 17.6. The van der Waals surface area contributed by atoms with E-state index in [1.54, 1.807) is 12.3 Å². The van der Waals surface area contributed by atoms with E-state index >= 15 is 0 Å².